The number of fused-ring (bicyclic) bond motifs is 1. The van der Waals surface area contributed by atoms with E-state index in [1.807, 2.05) is 12.1 Å². The minimum atomic E-state index is -0.117. The van der Waals surface area contributed by atoms with Crippen molar-refractivity contribution in [2.75, 3.05) is 6.54 Å². The van der Waals surface area contributed by atoms with Crippen LogP contribution < -0.4 is 0 Å². The number of carbonyl (C=O) groups excluding carboxylic acids is 2. The lowest BCUT2D eigenvalue weighted by atomic mass is 9.80. The van der Waals surface area contributed by atoms with E-state index in [1.165, 1.54) is 37.0 Å². The molecule has 3 heteroatoms. The predicted molar refractivity (Wildman–Crippen MR) is 77.5 cm³/mol. The summed E-state index contributed by atoms with van der Waals surface area (Å²) in [4.78, 5) is 26.1. The zero-order chi connectivity index (χ0) is 14.1. The van der Waals surface area contributed by atoms with Crippen molar-refractivity contribution < 1.29 is 9.59 Å². The first-order chi connectivity index (χ1) is 9.68. The summed E-state index contributed by atoms with van der Waals surface area (Å²) >= 11 is 0. The van der Waals surface area contributed by atoms with Crippen molar-refractivity contribution in [2.45, 2.75) is 39.0 Å². The molecule has 1 fully saturated rings. The van der Waals surface area contributed by atoms with E-state index in [2.05, 4.69) is 6.92 Å². The fourth-order valence-corrected chi connectivity index (χ4v) is 3.55. The maximum Gasteiger partial charge on any atom is 0.261 e. The van der Waals surface area contributed by atoms with Crippen LogP contribution >= 0.6 is 0 Å². The van der Waals surface area contributed by atoms with E-state index in [1.54, 1.807) is 12.1 Å². The number of amides is 2. The minimum Gasteiger partial charge on any atom is -0.274 e. The first kappa shape index (κ1) is 13.3. The van der Waals surface area contributed by atoms with Crippen molar-refractivity contribution in [3.05, 3.63) is 35.4 Å². The number of hydrogen-bond acceptors (Lipinski definition) is 2. The van der Waals surface area contributed by atoms with Crippen LogP contribution in [0.2, 0.25) is 0 Å². The van der Waals surface area contributed by atoms with Crippen LogP contribution in [0.15, 0.2) is 24.3 Å². The summed E-state index contributed by atoms with van der Waals surface area (Å²) in [5, 5.41) is 0. The van der Waals surface area contributed by atoms with Gasteiger partial charge in [-0.15, -0.1) is 0 Å². The van der Waals surface area contributed by atoms with E-state index in [9.17, 15) is 9.59 Å². The second-order valence-electron chi connectivity index (χ2n) is 6.14. The smallest absolute Gasteiger partial charge is 0.261 e. The first-order valence-electron chi connectivity index (χ1n) is 7.63. The molecule has 0 radical (unpaired) electrons. The van der Waals surface area contributed by atoms with E-state index in [4.69, 9.17) is 0 Å². The van der Waals surface area contributed by atoms with Crippen molar-refractivity contribution in [3.63, 3.8) is 0 Å². The highest BCUT2D eigenvalue weighted by atomic mass is 16.2. The van der Waals surface area contributed by atoms with Crippen LogP contribution in [0.3, 0.4) is 0 Å². The molecule has 3 rings (SSSR count). The molecule has 0 spiro atoms. The van der Waals surface area contributed by atoms with Gasteiger partial charge in [0.25, 0.3) is 11.8 Å². The standard InChI is InChI=1S/C17H21NO2/c1-12(13-7-3-2-4-8-13)11-18-16(19)14-9-5-6-10-15(14)17(18)20/h5-6,9-10,12-13H,2-4,7-8,11H2,1H3. The summed E-state index contributed by atoms with van der Waals surface area (Å²) in [5.41, 5.74) is 1.13. The lowest BCUT2D eigenvalue weighted by Crippen LogP contribution is -2.36. The molecule has 3 nitrogen and oxygen atoms in total. The zero-order valence-electron chi connectivity index (χ0n) is 12.0. The molecular formula is C17H21NO2. The molecule has 20 heavy (non-hydrogen) atoms. The highest BCUT2D eigenvalue weighted by Gasteiger charge is 2.36. The average Bonchev–Trinajstić information content (AvgIpc) is 2.74. The van der Waals surface area contributed by atoms with Crippen LogP contribution in [0, 0.1) is 11.8 Å². The fraction of sp³-hybridized carbons (Fsp3) is 0.529. The van der Waals surface area contributed by atoms with Gasteiger partial charge in [-0.1, -0.05) is 51.2 Å². The molecule has 0 aromatic heterocycles. The average molecular weight is 271 g/mol. The molecule has 1 aromatic rings. The van der Waals surface area contributed by atoms with E-state index in [0.29, 0.717) is 29.5 Å². The van der Waals surface area contributed by atoms with Gasteiger partial charge in [0.15, 0.2) is 0 Å². The molecule has 1 aromatic carbocycles. The molecular weight excluding hydrogens is 250 g/mol. The predicted octanol–water partition coefficient (Wildman–Crippen LogP) is 3.50. The molecule has 1 aliphatic heterocycles. The van der Waals surface area contributed by atoms with E-state index in [0.717, 1.165) is 0 Å². The van der Waals surface area contributed by atoms with Gasteiger partial charge < -0.3 is 0 Å². The lowest BCUT2D eigenvalue weighted by Gasteiger charge is -2.30. The number of rotatable bonds is 3. The molecule has 0 N–H and O–H groups in total. The van der Waals surface area contributed by atoms with Gasteiger partial charge in [0.05, 0.1) is 11.1 Å². The van der Waals surface area contributed by atoms with Crippen molar-refractivity contribution in [1.82, 2.24) is 4.90 Å². The zero-order valence-corrected chi connectivity index (χ0v) is 12.0. The van der Waals surface area contributed by atoms with Crippen LogP contribution in [-0.4, -0.2) is 23.3 Å². The second kappa shape index (κ2) is 5.39. The maximum atomic E-state index is 12.3. The Hall–Kier alpha value is -1.64. The minimum absolute atomic E-state index is 0.117. The molecule has 0 bridgehead atoms. The van der Waals surface area contributed by atoms with E-state index < -0.39 is 0 Å². The SMILES string of the molecule is CC(CN1C(=O)c2ccccc2C1=O)C1CCCCC1. The van der Waals surface area contributed by atoms with Crippen molar-refractivity contribution in [3.8, 4) is 0 Å². The second-order valence-corrected chi connectivity index (χ2v) is 6.14. The molecule has 106 valence electrons. The lowest BCUT2D eigenvalue weighted by molar-refractivity contribution is 0.0606. The molecule has 0 saturated heterocycles. The van der Waals surface area contributed by atoms with Gasteiger partial charge in [-0.2, -0.15) is 0 Å². The Balaban J connectivity index is 1.73. The highest BCUT2D eigenvalue weighted by molar-refractivity contribution is 6.21. The van der Waals surface area contributed by atoms with Crippen LogP contribution in [0.1, 0.15) is 59.7 Å². The number of benzene rings is 1. The normalized spacial score (nSPS) is 21.1. The van der Waals surface area contributed by atoms with Crippen LogP contribution in [0.5, 0.6) is 0 Å². The van der Waals surface area contributed by atoms with Gasteiger partial charge >= 0.3 is 0 Å². The summed E-state index contributed by atoms with van der Waals surface area (Å²) in [6, 6.07) is 7.14. The van der Waals surface area contributed by atoms with Crippen LogP contribution in [-0.2, 0) is 0 Å². The Morgan fingerprint density at radius 1 is 1.05 bits per heavy atom. The molecule has 1 aliphatic carbocycles. The Kier molecular flexibility index (Phi) is 3.60. The Labute approximate surface area is 120 Å². The number of nitrogens with zero attached hydrogens (tertiary/aromatic N) is 1. The van der Waals surface area contributed by atoms with Crippen LogP contribution in [0.25, 0.3) is 0 Å². The summed E-state index contributed by atoms with van der Waals surface area (Å²) in [7, 11) is 0. The molecule has 1 saturated carbocycles. The Morgan fingerprint density at radius 2 is 1.60 bits per heavy atom. The van der Waals surface area contributed by atoms with Gasteiger partial charge in [-0.3, -0.25) is 14.5 Å². The molecule has 1 heterocycles. The summed E-state index contributed by atoms with van der Waals surface area (Å²) in [5.74, 6) is 0.826. The third-order valence-corrected chi connectivity index (χ3v) is 4.80. The monoisotopic (exact) mass is 271 g/mol. The quantitative estimate of drug-likeness (QED) is 0.789. The third-order valence-electron chi connectivity index (χ3n) is 4.80. The van der Waals surface area contributed by atoms with Gasteiger partial charge in [-0.25, -0.2) is 0 Å². The van der Waals surface area contributed by atoms with Crippen molar-refractivity contribution in [2.24, 2.45) is 11.8 Å². The summed E-state index contributed by atoms with van der Waals surface area (Å²) in [6.45, 7) is 2.75. The largest absolute Gasteiger partial charge is 0.274 e. The van der Waals surface area contributed by atoms with Crippen LogP contribution in [0.4, 0.5) is 0 Å². The van der Waals surface area contributed by atoms with Crippen molar-refractivity contribution in [1.29, 1.82) is 0 Å². The fourth-order valence-electron chi connectivity index (χ4n) is 3.55. The third kappa shape index (κ3) is 2.26. The first-order valence-corrected chi connectivity index (χ1v) is 7.63. The van der Waals surface area contributed by atoms with Gasteiger partial charge in [0, 0.05) is 6.54 Å². The van der Waals surface area contributed by atoms with Gasteiger partial charge in [0.2, 0.25) is 0 Å². The number of carbonyl (C=O) groups is 2. The molecule has 1 atom stereocenters. The number of imide groups is 1. The van der Waals surface area contributed by atoms with Crippen molar-refractivity contribution >= 4 is 11.8 Å². The van der Waals surface area contributed by atoms with E-state index in [-0.39, 0.29) is 11.8 Å². The van der Waals surface area contributed by atoms with Gasteiger partial charge in [-0.05, 0) is 24.0 Å². The Bertz CT molecular complexity index is 497. The molecule has 1 unspecified atom stereocenters. The van der Waals surface area contributed by atoms with E-state index >= 15 is 0 Å². The summed E-state index contributed by atoms with van der Waals surface area (Å²) < 4.78 is 0. The Morgan fingerprint density at radius 3 is 2.15 bits per heavy atom. The number of hydrogen-bond donors (Lipinski definition) is 0. The molecule has 2 amide bonds. The maximum absolute atomic E-state index is 12.3. The van der Waals surface area contributed by atoms with Gasteiger partial charge in [0.1, 0.15) is 0 Å². The molecule has 2 aliphatic rings. The summed E-state index contributed by atoms with van der Waals surface area (Å²) in [6.07, 6.45) is 6.39. The highest BCUT2D eigenvalue weighted by Crippen LogP contribution is 2.32. The topological polar surface area (TPSA) is 37.4 Å².